The van der Waals surface area contributed by atoms with Gasteiger partial charge in [0.15, 0.2) is 5.65 Å². The van der Waals surface area contributed by atoms with E-state index in [2.05, 4.69) is 36.4 Å². The molecular weight excluding hydrogens is 388 g/mol. The fraction of sp³-hybridized carbons (Fsp3) is 0.190. The summed E-state index contributed by atoms with van der Waals surface area (Å²) in [4.78, 5) is 10.6. The van der Waals surface area contributed by atoms with Crippen LogP contribution in [0.1, 0.15) is 11.1 Å². The first kappa shape index (κ1) is 18.3. The van der Waals surface area contributed by atoms with E-state index in [0.29, 0.717) is 30.1 Å². The van der Waals surface area contributed by atoms with Gasteiger partial charge in [0.25, 0.3) is 0 Å². The smallest absolute Gasteiger partial charge is 0.224 e. The van der Waals surface area contributed by atoms with Crippen LogP contribution in [0.25, 0.3) is 11.0 Å². The average molecular weight is 407 g/mol. The second-order valence-electron chi connectivity index (χ2n) is 7.35. The Morgan fingerprint density at radius 3 is 2.90 bits per heavy atom. The Labute approximate surface area is 170 Å². The number of rotatable bonds is 4. The standard InChI is InChI=1S/C21H19F2N7/c22-14-6-5-13(17(23)8-14)10-30-11-15(7-12-3-1-2-4-18(12)30)26-19-16-9-25-29-20(16)28-21(24)27-19/h1-6,8-9,15H,7,10-11H2,(H4,24,25,26,27,28,29). The van der Waals surface area contributed by atoms with Crippen molar-refractivity contribution in [2.45, 2.75) is 19.0 Å². The topological polar surface area (TPSA) is 95.7 Å². The SMILES string of the molecule is Nc1nc(NC2Cc3ccccc3N(Cc3ccc(F)cc3F)C2)c2cn[nH]c2n1. The van der Waals surface area contributed by atoms with Crippen LogP contribution < -0.4 is 16.0 Å². The summed E-state index contributed by atoms with van der Waals surface area (Å²) in [5, 5.41) is 11.0. The highest BCUT2D eigenvalue weighted by Crippen LogP contribution is 2.31. The Hall–Kier alpha value is -3.75. The van der Waals surface area contributed by atoms with Gasteiger partial charge in [-0.3, -0.25) is 5.10 Å². The van der Waals surface area contributed by atoms with E-state index in [1.807, 2.05) is 18.2 Å². The van der Waals surface area contributed by atoms with E-state index in [9.17, 15) is 8.78 Å². The molecule has 3 heterocycles. The van der Waals surface area contributed by atoms with Crippen molar-refractivity contribution >= 4 is 28.5 Å². The molecule has 0 aliphatic carbocycles. The molecule has 1 atom stereocenters. The van der Waals surface area contributed by atoms with Crippen LogP contribution in [-0.4, -0.2) is 32.8 Å². The number of H-pyrrole nitrogens is 1. The fourth-order valence-electron chi connectivity index (χ4n) is 3.94. The number of nitrogen functional groups attached to an aromatic ring is 1. The van der Waals surface area contributed by atoms with Crippen molar-refractivity contribution in [3.63, 3.8) is 0 Å². The number of nitrogens with zero attached hydrogens (tertiary/aromatic N) is 4. The van der Waals surface area contributed by atoms with E-state index in [-0.39, 0.29) is 12.0 Å². The number of anilines is 3. The minimum atomic E-state index is -0.583. The molecule has 0 fully saturated rings. The van der Waals surface area contributed by atoms with Gasteiger partial charge in [0.1, 0.15) is 17.5 Å². The number of nitrogens with one attached hydrogen (secondary N) is 2. The first-order chi connectivity index (χ1) is 14.6. The molecule has 0 saturated heterocycles. The molecule has 9 heteroatoms. The lowest BCUT2D eigenvalue weighted by Crippen LogP contribution is -2.42. The van der Waals surface area contributed by atoms with Gasteiger partial charge in [-0.05, 0) is 24.1 Å². The Balaban J connectivity index is 1.46. The van der Waals surface area contributed by atoms with Gasteiger partial charge in [0, 0.05) is 36.4 Å². The first-order valence-electron chi connectivity index (χ1n) is 9.57. The number of hydrogen-bond acceptors (Lipinski definition) is 6. The van der Waals surface area contributed by atoms with Gasteiger partial charge in [0.05, 0.1) is 11.6 Å². The molecule has 0 bridgehead atoms. The highest BCUT2D eigenvalue weighted by atomic mass is 19.1. The molecular formula is C21H19F2N7. The minimum Gasteiger partial charge on any atom is -0.368 e. The summed E-state index contributed by atoms with van der Waals surface area (Å²) in [5.41, 5.74) is 9.00. The second kappa shape index (κ2) is 7.25. The zero-order valence-electron chi connectivity index (χ0n) is 15.9. The van der Waals surface area contributed by atoms with Gasteiger partial charge < -0.3 is 16.0 Å². The molecule has 152 valence electrons. The van der Waals surface area contributed by atoms with Gasteiger partial charge >= 0.3 is 0 Å². The van der Waals surface area contributed by atoms with Crippen molar-refractivity contribution in [1.29, 1.82) is 0 Å². The van der Waals surface area contributed by atoms with Crippen molar-refractivity contribution < 1.29 is 8.78 Å². The fourth-order valence-corrected chi connectivity index (χ4v) is 3.94. The maximum absolute atomic E-state index is 14.3. The molecule has 0 saturated carbocycles. The largest absolute Gasteiger partial charge is 0.368 e. The van der Waals surface area contributed by atoms with Gasteiger partial charge in [-0.25, -0.2) is 8.78 Å². The summed E-state index contributed by atoms with van der Waals surface area (Å²) in [6.45, 7) is 0.936. The van der Waals surface area contributed by atoms with Gasteiger partial charge in [-0.2, -0.15) is 15.1 Å². The first-order valence-corrected chi connectivity index (χ1v) is 9.57. The molecule has 2 aromatic carbocycles. The predicted molar refractivity (Wildman–Crippen MR) is 111 cm³/mol. The summed E-state index contributed by atoms with van der Waals surface area (Å²) in [6.07, 6.45) is 2.42. The van der Waals surface area contributed by atoms with Crippen LogP contribution in [0, 0.1) is 11.6 Å². The summed E-state index contributed by atoms with van der Waals surface area (Å²) >= 11 is 0. The molecule has 1 aliphatic rings. The molecule has 4 aromatic rings. The van der Waals surface area contributed by atoms with Crippen molar-refractivity contribution in [3.8, 4) is 0 Å². The van der Waals surface area contributed by atoms with Crippen LogP contribution in [-0.2, 0) is 13.0 Å². The molecule has 0 amide bonds. The number of fused-ring (bicyclic) bond motifs is 2. The van der Waals surface area contributed by atoms with E-state index in [4.69, 9.17) is 5.73 Å². The maximum atomic E-state index is 14.3. The molecule has 30 heavy (non-hydrogen) atoms. The summed E-state index contributed by atoms with van der Waals surface area (Å²) in [7, 11) is 0. The highest BCUT2D eigenvalue weighted by molar-refractivity contribution is 5.87. The van der Waals surface area contributed by atoms with Gasteiger partial charge in [-0.1, -0.05) is 24.3 Å². The van der Waals surface area contributed by atoms with Crippen molar-refractivity contribution in [2.24, 2.45) is 0 Å². The van der Waals surface area contributed by atoms with Crippen molar-refractivity contribution in [1.82, 2.24) is 20.2 Å². The number of aromatic nitrogens is 4. The van der Waals surface area contributed by atoms with E-state index >= 15 is 0 Å². The summed E-state index contributed by atoms with van der Waals surface area (Å²) in [6, 6.07) is 11.7. The third-order valence-electron chi connectivity index (χ3n) is 5.28. The monoisotopic (exact) mass is 407 g/mol. The van der Waals surface area contributed by atoms with Gasteiger partial charge in [0.2, 0.25) is 5.95 Å². The van der Waals surface area contributed by atoms with Crippen molar-refractivity contribution in [2.75, 3.05) is 22.5 Å². The lowest BCUT2D eigenvalue weighted by atomic mass is 9.97. The lowest BCUT2D eigenvalue weighted by Gasteiger charge is -2.37. The number of nitrogens with two attached hydrogens (primary N) is 1. The van der Waals surface area contributed by atoms with Crippen LogP contribution in [0.5, 0.6) is 0 Å². The van der Waals surface area contributed by atoms with E-state index in [0.717, 1.165) is 29.1 Å². The van der Waals surface area contributed by atoms with Crippen LogP contribution in [0.15, 0.2) is 48.7 Å². The molecule has 1 aliphatic heterocycles. The maximum Gasteiger partial charge on any atom is 0.224 e. The number of halogens is 2. The number of benzene rings is 2. The van der Waals surface area contributed by atoms with Crippen LogP contribution in [0.2, 0.25) is 0 Å². The molecule has 5 rings (SSSR count). The van der Waals surface area contributed by atoms with Crippen LogP contribution >= 0.6 is 0 Å². The Kier molecular flexibility index (Phi) is 4.42. The summed E-state index contributed by atoms with van der Waals surface area (Å²) in [5.74, 6) is -0.384. The Morgan fingerprint density at radius 2 is 2.03 bits per heavy atom. The quantitative estimate of drug-likeness (QED) is 0.481. The molecule has 4 N–H and O–H groups in total. The number of aromatic amines is 1. The molecule has 2 aromatic heterocycles. The number of para-hydroxylation sites is 1. The Bertz CT molecular complexity index is 1220. The lowest BCUT2D eigenvalue weighted by molar-refractivity contribution is 0.561. The predicted octanol–water partition coefficient (Wildman–Crippen LogP) is 3.26. The molecule has 7 nitrogen and oxygen atoms in total. The van der Waals surface area contributed by atoms with Crippen LogP contribution in [0.4, 0.5) is 26.2 Å². The van der Waals surface area contributed by atoms with E-state index < -0.39 is 11.6 Å². The third kappa shape index (κ3) is 3.38. The molecule has 0 radical (unpaired) electrons. The zero-order valence-corrected chi connectivity index (χ0v) is 15.9. The second-order valence-corrected chi connectivity index (χ2v) is 7.35. The zero-order chi connectivity index (χ0) is 20.7. The average Bonchev–Trinajstić information content (AvgIpc) is 3.19. The summed E-state index contributed by atoms with van der Waals surface area (Å²) < 4.78 is 27.6. The normalized spacial score (nSPS) is 15.9. The van der Waals surface area contributed by atoms with Crippen molar-refractivity contribution in [3.05, 3.63) is 71.4 Å². The van der Waals surface area contributed by atoms with Crippen LogP contribution in [0.3, 0.4) is 0 Å². The third-order valence-corrected chi connectivity index (χ3v) is 5.28. The Morgan fingerprint density at radius 1 is 1.17 bits per heavy atom. The van der Waals surface area contributed by atoms with E-state index in [1.54, 1.807) is 6.20 Å². The van der Waals surface area contributed by atoms with E-state index in [1.165, 1.54) is 12.1 Å². The molecule has 0 spiro atoms. The van der Waals surface area contributed by atoms with Gasteiger partial charge in [-0.15, -0.1) is 0 Å². The molecule has 1 unspecified atom stereocenters. The highest BCUT2D eigenvalue weighted by Gasteiger charge is 2.26. The minimum absolute atomic E-state index is 0.00388. The number of hydrogen-bond donors (Lipinski definition) is 3.